The Morgan fingerprint density at radius 1 is 1.00 bits per heavy atom. The van der Waals surface area contributed by atoms with E-state index in [0.29, 0.717) is 5.69 Å². The number of fused-ring (bicyclic) bond motifs is 1. The van der Waals surface area contributed by atoms with Gasteiger partial charge in [-0.15, -0.1) is 0 Å². The molecule has 0 bridgehead atoms. The first kappa shape index (κ1) is 10.1. The van der Waals surface area contributed by atoms with Crippen LogP contribution in [0.15, 0.2) is 60.9 Å². The maximum Gasteiger partial charge on any atom is 0.137 e. The molecule has 3 heteroatoms. The number of hydrogen-bond acceptors (Lipinski definition) is 2. The molecular weight excluding hydrogens is 212 g/mol. The van der Waals surface area contributed by atoms with Gasteiger partial charge in [-0.1, -0.05) is 36.4 Å². The van der Waals surface area contributed by atoms with Crippen molar-refractivity contribution in [2.45, 2.75) is 6.10 Å². The summed E-state index contributed by atoms with van der Waals surface area (Å²) in [5, 5.41) is 10.2. The van der Waals surface area contributed by atoms with E-state index in [1.807, 2.05) is 65.3 Å². The molecule has 1 atom stereocenters. The van der Waals surface area contributed by atoms with Gasteiger partial charge in [-0.3, -0.25) is 0 Å². The van der Waals surface area contributed by atoms with E-state index in [2.05, 4.69) is 4.98 Å². The van der Waals surface area contributed by atoms with Crippen LogP contribution in [0.1, 0.15) is 17.4 Å². The number of hydrogen-bond donors (Lipinski definition) is 1. The summed E-state index contributed by atoms with van der Waals surface area (Å²) in [5.74, 6) is 0. The van der Waals surface area contributed by atoms with Crippen molar-refractivity contribution in [2.24, 2.45) is 0 Å². The maximum atomic E-state index is 10.2. The zero-order valence-corrected chi connectivity index (χ0v) is 9.19. The second-order valence-corrected chi connectivity index (χ2v) is 3.95. The van der Waals surface area contributed by atoms with E-state index in [1.165, 1.54) is 0 Å². The number of aromatic nitrogens is 2. The van der Waals surface area contributed by atoms with Gasteiger partial charge in [0.05, 0.1) is 5.69 Å². The minimum absolute atomic E-state index is 0.669. The number of imidazole rings is 1. The Hall–Kier alpha value is -2.13. The quantitative estimate of drug-likeness (QED) is 0.725. The van der Waals surface area contributed by atoms with Gasteiger partial charge in [-0.05, 0) is 17.7 Å². The fourth-order valence-electron chi connectivity index (χ4n) is 1.89. The molecule has 0 amide bonds. The Bertz CT molecular complexity index is 598. The van der Waals surface area contributed by atoms with Crippen LogP contribution in [0.3, 0.4) is 0 Å². The molecule has 0 saturated heterocycles. The molecule has 0 saturated carbocycles. The number of nitrogens with zero attached hydrogens (tertiary/aromatic N) is 2. The van der Waals surface area contributed by atoms with Crippen LogP contribution in [0.25, 0.3) is 5.65 Å². The predicted molar refractivity (Wildman–Crippen MR) is 65.7 cm³/mol. The largest absolute Gasteiger partial charge is 0.382 e. The molecule has 0 radical (unpaired) electrons. The first-order chi connectivity index (χ1) is 8.34. The smallest absolute Gasteiger partial charge is 0.137 e. The van der Waals surface area contributed by atoms with Crippen molar-refractivity contribution < 1.29 is 5.11 Å². The van der Waals surface area contributed by atoms with E-state index in [-0.39, 0.29) is 0 Å². The Morgan fingerprint density at radius 2 is 1.76 bits per heavy atom. The van der Waals surface area contributed by atoms with E-state index < -0.39 is 6.10 Å². The van der Waals surface area contributed by atoms with Crippen LogP contribution < -0.4 is 0 Å². The van der Waals surface area contributed by atoms with Gasteiger partial charge in [0.2, 0.25) is 0 Å². The van der Waals surface area contributed by atoms with Gasteiger partial charge in [0.15, 0.2) is 0 Å². The Balaban J connectivity index is 2.04. The number of pyridine rings is 1. The molecule has 0 aliphatic heterocycles. The molecule has 3 rings (SSSR count). The second kappa shape index (κ2) is 4.03. The lowest BCUT2D eigenvalue weighted by atomic mass is 10.1. The average Bonchev–Trinajstić information content (AvgIpc) is 2.82. The van der Waals surface area contributed by atoms with Crippen molar-refractivity contribution in [3.8, 4) is 0 Å². The topological polar surface area (TPSA) is 37.5 Å². The molecule has 2 heterocycles. The first-order valence-electron chi connectivity index (χ1n) is 5.51. The van der Waals surface area contributed by atoms with Gasteiger partial charge >= 0.3 is 0 Å². The third-order valence-electron chi connectivity index (χ3n) is 2.78. The fraction of sp³-hybridized carbons (Fsp3) is 0.0714. The molecule has 3 nitrogen and oxygen atoms in total. The molecule has 84 valence electrons. The third-order valence-corrected chi connectivity index (χ3v) is 2.78. The van der Waals surface area contributed by atoms with Gasteiger partial charge in [0.25, 0.3) is 0 Å². The molecule has 0 spiro atoms. The zero-order valence-electron chi connectivity index (χ0n) is 9.19. The number of rotatable bonds is 2. The van der Waals surface area contributed by atoms with E-state index in [1.54, 1.807) is 0 Å². The van der Waals surface area contributed by atoms with Crippen molar-refractivity contribution in [3.63, 3.8) is 0 Å². The first-order valence-corrected chi connectivity index (χ1v) is 5.51. The lowest BCUT2D eigenvalue weighted by Gasteiger charge is -2.06. The standard InChI is InChI=1S/C14H12N2O/c17-14(11-6-2-1-3-7-11)12-10-16-9-5-4-8-13(16)15-12/h1-10,14,17H. The van der Waals surface area contributed by atoms with Crippen molar-refractivity contribution in [3.05, 3.63) is 72.2 Å². The highest BCUT2D eigenvalue weighted by Crippen LogP contribution is 2.20. The lowest BCUT2D eigenvalue weighted by Crippen LogP contribution is -1.99. The lowest BCUT2D eigenvalue weighted by molar-refractivity contribution is 0.216. The van der Waals surface area contributed by atoms with Crippen LogP contribution in [-0.4, -0.2) is 14.5 Å². The zero-order chi connectivity index (χ0) is 11.7. The van der Waals surface area contributed by atoms with Gasteiger partial charge in [-0.25, -0.2) is 4.98 Å². The monoisotopic (exact) mass is 224 g/mol. The van der Waals surface area contributed by atoms with Gasteiger partial charge in [0.1, 0.15) is 11.8 Å². The molecule has 1 unspecified atom stereocenters. The minimum atomic E-state index is -0.670. The maximum absolute atomic E-state index is 10.2. The Kier molecular flexibility index (Phi) is 2.38. The molecule has 0 fully saturated rings. The highest BCUT2D eigenvalue weighted by atomic mass is 16.3. The van der Waals surface area contributed by atoms with Crippen LogP contribution in [-0.2, 0) is 0 Å². The van der Waals surface area contributed by atoms with E-state index in [9.17, 15) is 5.11 Å². The van der Waals surface area contributed by atoms with Crippen LogP contribution in [0, 0.1) is 0 Å². The summed E-state index contributed by atoms with van der Waals surface area (Å²) in [4.78, 5) is 4.40. The van der Waals surface area contributed by atoms with E-state index >= 15 is 0 Å². The average molecular weight is 224 g/mol. The molecular formula is C14H12N2O. The summed E-state index contributed by atoms with van der Waals surface area (Å²) in [6, 6.07) is 15.3. The SMILES string of the molecule is OC(c1ccccc1)c1cn2ccccc2n1. The van der Waals surface area contributed by atoms with Crippen molar-refractivity contribution in [1.29, 1.82) is 0 Å². The highest BCUT2D eigenvalue weighted by molar-refractivity contribution is 5.41. The summed E-state index contributed by atoms with van der Waals surface area (Å²) in [6.07, 6.45) is 3.10. The molecule has 17 heavy (non-hydrogen) atoms. The van der Waals surface area contributed by atoms with Crippen molar-refractivity contribution in [1.82, 2.24) is 9.38 Å². The molecule has 0 aliphatic rings. The third kappa shape index (κ3) is 1.81. The second-order valence-electron chi connectivity index (χ2n) is 3.95. The summed E-state index contributed by atoms with van der Waals surface area (Å²) in [7, 11) is 0. The Labute approximate surface area is 99.0 Å². The number of aliphatic hydroxyl groups excluding tert-OH is 1. The van der Waals surface area contributed by atoms with Gasteiger partial charge in [-0.2, -0.15) is 0 Å². The fourth-order valence-corrected chi connectivity index (χ4v) is 1.89. The molecule has 2 aromatic heterocycles. The van der Waals surface area contributed by atoms with Crippen molar-refractivity contribution in [2.75, 3.05) is 0 Å². The van der Waals surface area contributed by atoms with Gasteiger partial charge < -0.3 is 9.51 Å². The molecule has 3 aromatic rings. The van der Waals surface area contributed by atoms with Crippen LogP contribution in [0.4, 0.5) is 0 Å². The minimum Gasteiger partial charge on any atom is -0.382 e. The summed E-state index contributed by atoms with van der Waals surface area (Å²) >= 11 is 0. The van der Waals surface area contributed by atoms with Crippen LogP contribution in [0.2, 0.25) is 0 Å². The molecule has 1 N–H and O–H groups in total. The summed E-state index contributed by atoms with van der Waals surface area (Å²) in [6.45, 7) is 0. The highest BCUT2D eigenvalue weighted by Gasteiger charge is 2.13. The normalized spacial score (nSPS) is 12.8. The summed E-state index contributed by atoms with van der Waals surface area (Å²) in [5.41, 5.74) is 2.37. The molecule has 1 aromatic carbocycles. The van der Waals surface area contributed by atoms with Gasteiger partial charge in [0, 0.05) is 12.4 Å². The van der Waals surface area contributed by atoms with Crippen LogP contribution >= 0.6 is 0 Å². The Morgan fingerprint density at radius 3 is 2.53 bits per heavy atom. The number of benzene rings is 1. The number of aliphatic hydroxyl groups is 1. The van der Waals surface area contributed by atoms with E-state index in [4.69, 9.17) is 0 Å². The van der Waals surface area contributed by atoms with Crippen LogP contribution in [0.5, 0.6) is 0 Å². The van der Waals surface area contributed by atoms with E-state index in [0.717, 1.165) is 11.2 Å². The molecule has 0 aliphatic carbocycles. The van der Waals surface area contributed by atoms with Crippen molar-refractivity contribution >= 4 is 5.65 Å². The summed E-state index contributed by atoms with van der Waals surface area (Å²) < 4.78 is 1.90. The predicted octanol–water partition coefficient (Wildman–Crippen LogP) is 2.42.